The summed E-state index contributed by atoms with van der Waals surface area (Å²) in [5, 5.41) is 6.11. The van der Waals surface area contributed by atoms with Gasteiger partial charge in [0.2, 0.25) is 15.9 Å². The van der Waals surface area contributed by atoms with Crippen LogP contribution in [0.5, 0.6) is 11.5 Å². The van der Waals surface area contributed by atoms with Gasteiger partial charge in [-0.15, -0.1) is 0 Å². The van der Waals surface area contributed by atoms with E-state index in [1.54, 1.807) is 6.07 Å². The lowest BCUT2D eigenvalue weighted by molar-refractivity contribution is -0.120. The minimum atomic E-state index is -3.67. The molecular weight excluding hydrogens is 430 g/mol. The zero-order valence-corrected chi connectivity index (χ0v) is 18.8. The third-order valence-electron chi connectivity index (χ3n) is 5.69. The summed E-state index contributed by atoms with van der Waals surface area (Å²) in [7, 11) is -3.67. The predicted octanol–water partition coefficient (Wildman–Crippen LogP) is 2.97. The smallest absolute Gasteiger partial charge is 0.243 e. The number of carbonyl (C=O) groups is 1. The number of hydrogen-bond donors (Lipinski definition) is 2. The molecule has 32 heavy (non-hydrogen) atoms. The summed E-state index contributed by atoms with van der Waals surface area (Å²) in [4.78, 5) is 12.6. The lowest BCUT2D eigenvalue weighted by atomic mass is 10.2. The van der Waals surface area contributed by atoms with Crippen LogP contribution in [0.4, 0.5) is 5.69 Å². The first-order valence-corrected chi connectivity index (χ1v) is 12.4. The molecule has 1 saturated heterocycles. The Morgan fingerprint density at radius 3 is 2.50 bits per heavy atom. The molecule has 1 amide bonds. The van der Waals surface area contributed by atoms with E-state index >= 15 is 0 Å². The van der Waals surface area contributed by atoms with Crippen molar-refractivity contribution in [1.82, 2.24) is 9.62 Å². The van der Waals surface area contributed by atoms with Gasteiger partial charge >= 0.3 is 0 Å². The topological polar surface area (TPSA) is 97.0 Å². The van der Waals surface area contributed by atoms with Crippen molar-refractivity contribution in [1.29, 1.82) is 0 Å². The quantitative estimate of drug-likeness (QED) is 0.630. The molecule has 2 aromatic carbocycles. The zero-order chi connectivity index (χ0) is 22.4. The number of morpholine rings is 1. The third-order valence-corrected chi connectivity index (χ3v) is 7.58. The number of hydrogen-bond acceptors (Lipinski definition) is 6. The van der Waals surface area contributed by atoms with Gasteiger partial charge in [0.15, 0.2) is 5.75 Å². The Morgan fingerprint density at radius 2 is 1.78 bits per heavy atom. The molecule has 0 radical (unpaired) electrons. The lowest BCUT2D eigenvalue weighted by Gasteiger charge is -2.26. The number of nitrogens with zero attached hydrogens (tertiary/aromatic N) is 1. The van der Waals surface area contributed by atoms with Crippen molar-refractivity contribution < 1.29 is 22.7 Å². The Balaban J connectivity index is 1.54. The first kappa shape index (κ1) is 22.6. The van der Waals surface area contributed by atoms with Crippen LogP contribution in [0.15, 0.2) is 53.4 Å². The molecule has 2 fully saturated rings. The average molecular weight is 460 g/mol. The van der Waals surface area contributed by atoms with Crippen molar-refractivity contribution in [3.63, 3.8) is 0 Å². The van der Waals surface area contributed by atoms with Crippen LogP contribution in [-0.4, -0.2) is 57.5 Å². The van der Waals surface area contributed by atoms with Crippen LogP contribution in [0.1, 0.15) is 25.7 Å². The second kappa shape index (κ2) is 10.3. The number of amides is 1. The number of benzene rings is 2. The van der Waals surface area contributed by atoms with Crippen LogP contribution >= 0.6 is 0 Å². The molecular formula is C23H29N3O5S. The molecule has 172 valence electrons. The van der Waals surface area contributed by atoms with E-state index in [-0.39, 0.29) is 23.4 Å². The molecule has 0 bridgehead atoms. The van der Waals surface area contributed by atoms with Gasteiger partial charge in [0.25, 0.3) is 0 Å². The van der Waals surface area contributed by atoms with Gasteiger partial charge in [0.05, 0.1) is 30.3 Å². The van der Waals surface area contributed by atoms with Gasteiger partial charge in [0, 0.05) is 19.1 Å². The fourth-order valence-corrected chi connectivity index (χ4v) is 5.41. The average Bonchev–Trinajstić information content (AvgIpc) is 3.32. The summed E-state index contributed by atoms with van der Waals surface area (Å²) >= 11 is 0. The Morgan fingerprint density at radius 1 is 1.06 bits per heavy atom. The number of ether oxygens (including phenoxy) is 2. The maximum Gasteiger partial charge on any atom is 0.243 e. The molecule has 0 unspecified atom stereocenters. The molecule has 0 aromatic heterocycles. The standard InChI is InChI=1S/C23H29N3O5S/c27-23(25-18-6-4-5-7-18)17-24-21-16-20(32(28,29)26-12-14-30-15-13-26)10-11-22(21)31-19-8-2-1-3-9-19/h1-3,8-11,16,18,24H,4-7,12-15,17H2,(H,25,27). The van der Waals surface area contributed by atoms with E-state index in [9.17, 15) is 13.2 Å². The van der Waals surface area contributed by atoms with Gasteiger partial charge in [-0.2, -0.15) is 4.31 Å². The molecule has 1 heterocycles. The molecule has 0 atom stereocenters. The normalized spacial score (nSPS) is 17.8. The number of anilines is 1. The number of rotatable bonds is 8. The van der Waals surface area contributed by atoms with Crippen molar-refractivity contribution in [2.45, 2.75) is 36.6 Å². The zero-order valence-electron chi connectivity index (χ0n) is 18.0. The third kappa shape index (κ3) is 5.59. The molecule has 2 aliphatic rings. The molecule has 1 aliphatic carbocycles. The van der Waals surface area contributed by atoms with Crippen LogP contribution in [-0.2, 0) is 19.6 Å². The van der Waals surface area contributed by atoms with Gasteiger partial charge < -0.3 is 20.1 Å². The first-order chi connectivity index (χ1) is 15.5. The number of sulfonamides is 1. The molecule has 9 heteroatoms. The van der Waals surface area contributed by atoms with Crippen molar-refractivity contribution in [3.8, 4) is 11.5 Å². The molecule has 1 saturated carbocycles. The molecule has 1 aliphatic heterocycles. The van der Waals surface area contributed by atoms with E-state index in [2.05, 4.69) is 10.6 Å². The van der Waals surface area contributed by atoms with Crippen LogP contribution < -0.4 is 15.4 Å². The molecule has 4 rings (SSSR count). The molecule has 2 aromatic rings. The largest absolute Gasteiger partial charge is 0.455 e. The molecule has 0 spiro atoms. The van der Waals surface area contributed by atoms with Gasteiger partial charge in [-0.3, -0.25) is 4.79 Å². The van der Waals surface area contributed by atoms with E-state index in [1.165, 1.54) is 16.4 Å². The molecule has 8 nitrogen and oxygen atoms in total. The second-order valence-corrected chi connectivity index (χ2v) is 9.93. The Kier molecular flexibility index (Phi) is 7.29. The minimum Gasteiger partial charge on any atom is -0.455 e. The van der Waals surface area contributed by atoms with Gasteiger partial charge in [0.1, 0.15) is 5.75 Å². The first-order valence-electron chi connectivity index (χ1n) is 11.0. The fraction of sp³-hybridized carbons (Fsp3) is 0.435. The maximum atomic E-state index is 13.1. The maximum absolute atomic E-state index is 13.1. The highest BCUT2D eigenvalue weighted by Crippen LogP contribution is 2.33. The van der Waals surface area contributed by atoms with Crippen LogP contribution in [0.2, 0.25) is 0 Å². The van der Waals surface area contributed by atoms with Crippen molar-refractivity contribution in [3.05, 3.63) is 48.5 Å². The summed E-state index contributed by atoms with van der Waals surface area (Å²) in [5.74, 6) is 0.949. The van der Waals surface area contributed by atoms with E-state index in [4.69, 9.17) is 9.47 Å². The summed E-state index contributed by atoms with van der Waals surface area (Å²) in [5.41, 5.74) is 0.449. The van der Waals surface area contributed by atoms with Crippen molar-refractivity contribution >= 4 is 21.6 Å². The summed E-state index contributed by atoms with van der Waals surface area (Å²) < 4.78 is 38.9. The highest BCUT2D eigenvalue weighted by molar-refractivity contribution is 7.89. The number of carbonyl (C=O) groups excluding carboxylic acids is 1. The van der Waals surface area contributed by atoms with Gasteiger partial charge in [-0.05, 0) is 43.2 Å². The highest BCUT2D eigenvalue weighted by Gasteiger charge is 2.27. The monoisotopic (exact) mass is 459 g/mol. The number of para-hydroxylation sites is 1. The van der Waals surface area contributed by atoms with E-state index < -0.39 is 10.0 Å². The SMILES string of the molecule is O=C(CNc1cc(S(=O)(=O)N2CCOCC2)ccc1Oc1ccccc1)NC1CCCC1. The summed E-state index contributed by atoms with van der Waals surface area (Å²) in [6.07, 6.45) is 4.27. The van der Waals surface area contributed by atoms with Crippen LogP contribution in [0.25, 0.3) is 0 Å². The fourth-order valence-electron chi connectivity index (χ4n) is 3.97. The minimum absolute atomic E-state index is 0.0305. The van der Waals surface area contributed by atoms with Crippen LogP contribution in [0, 0.1) is 0 Å². The highest BCUT2D eigenvalue weighted by atomic mass is 32.2. The van der Waals surface area contributed by atoms with E-state index in [0.717, 1.165) is 25.7 Å². The Bertz CT molecular complexity index is 1020. The van der Waals surface area contributed by atoms with E-state index in [1.807, 2.05) is 30.3 Å². The summed E-state index contributed by atoms with van der Waals surface area (Å²) in [6, 6.07) is 14.1. The second-order valence-electron chi connectivity index (χ2n) is 7.99. The van der Waals surface area contributed by atoms with Crippen molar-refractivity contribution in [2.75, 3.05) is 38.2 Å². The summed E-state index contributed by atoms with van der Waals surface area (Å²) in [6.45, 7) is 1.42. The lowest BCUT2D eigenvalue weighted by Crippen LogP contribution is -2.40. The Hall–Kier alpha value is -2.62. The van der Waals surface area contributed by atoms with Crippen LogP contribution in [0.3, 0.4) is 0 Å². The Labute approximate surface area is 189 Å². The molecule has 2 N–H and O–H groups in total. The van der Waals surface area contributed by atoms with Gasteiger partial charge in [-0.25, -0.2) is 8.42 Å². The van der Waals surface area contributed by atoms with Gasteiger partial charge in [-0.1, -0.05) is 31.0 Å². The van der Waals surface area contributed by atoms with Crippen molar-refractivity contribution in [2.24, 2.45) is 0 Å². The predicted molar refractivity (Wildman–Crippen MR) is 121 cm³/mol. The van der Waals surface area contributed by atoms with E-state index in [0.29, 0.717) is 43.5 Å². The number of nitrogens with one attached hydrogen (secondary N) is 2.